The van der Waals surface area contributed by atoms with Crippen LogP contribution in [0.1, 0.15) is 5.56 Å². The smallest absolute Gasteiger partial charge is 0.387 e. The second-order valence-electron chi connectivity index (χ2n) is 4.63. The minimum absolute atomic E-state index is 0.0586. The first kappa shape index (κ1) is 17.7. The molecule has 4 nitrogen and oxygen atoms in total. The van der Waals surface area contributed by atoms with Gasteiger partial charge in [-0.3, -0.25) is 0 Å². The quantitative estimate of drug-likeness (QED) is 0.821. The maximum atomic E-state index is 12.1. The average Bonchev–Trinajstić information content (AvgIpc) is 2.48. The Labute approximate surface area is 138 Å². The SMILES string of the molecule is O=S(=O)(NCCc1ccc(OC(F)F)cc1)c1cccc(Cl)c1. The number of rotatable bonds is 7. The standard InChI is InChI=1S/C15H14ClF2NO3S/c16-12-2-1-3-14(10-12)23(20,21)19-9-8-11-4-6-13(7-5-11)22-15(17)18/h1-7,10,15,19H,8-9H2. The molecule has 0 saturated carbocycles. The third kappa shape index (κ3) is 5.46. The molecule has 2 aromatic carbocycles. The third-order valence-corrected chi connectivity index (χ3v) is 4.65. The van der Waals surface area contributed by atoms with Crippen LogP contribution in [0, 0.1) is 0 Å². The van der Waals surface area contributed by atoms with Gasteiger partial charge in [0, 0.05) is 11.6 Å². The van der Waals surface area contributed by atoms with Gasteiger partial charge in [0.05, 0.1) is 4.90 Å². The molecule has 0 unspecified atom stereocenters. The zero-order valence-corrected chi connectivity index (χ0v) is 13.4. The molecule has 2 rings (SSSR count). The molecule has 0 amide bonds. The molecule has 0 aliphatic carbocycles. The molecule has 1 N–H and O–H groups in total. The summed E-state index contributed by atoms with van der Waals surface area (Å²) in [5, 5.41) is 0.336. The lowest BCUT2D eigenvalue weighted by Crippen LogP contribution is -2.26. The number of benzene rings is 2. The van der Waals surface area contributed by atoms with E-state index in [4.69, 9.17) is 11.6 Å². The van der Waals surface area contributed by atoms with Crippen molar-refractivity contribution in [2.75, 3.05) is 6.54 Å². The highest BCUT2D eigenvalue weighted by Crippen LogP contribution is 2.16. The average molecular weight is 362 g/mol. The molecule has 0 bridgehead atoms. The lowest BCUT2D eigenvalue weighted by molar-refractivity contribution is -0.0498. The topological polar surface area (TPSA) is 55.4 Å². The molecular weight excluding hydrogens is 348 g/mol. The molecule has 0 atom stereocenters. The van der Waals surface area contributed by atoms with Gasteiger partial charge < -0.3 is 4.74 Å². The van der Waals surface area contributed by atoms with Crippen LogP contribution in [0.15, 0.2) is 53.4 Å². The molecule has 0 spiro atoms. The van der Waals surface area contributed by atoms with Gasteiger partial charge in [-0.25, -0.2) is 13.1 Å². The second kappa shape index (κ2) is 7.72. The Morgan fingerprint density at radius 1 is 1.13 bits per heavy atom. The first-order valence-electron chi connectivity index (χ1n) is 6.66. The first-order chi connectivity index (χ1) is 10.9. The summed E-state index contributed by atoms with van der Waals surface area (Å²) >= 11 is 5.77. The lowest BCUT2D eigenvalue weighted by Gasteiger charge is -2.08. The fraction of sp³-hybridized carbons (Fsp3) is 0.200. The Morgan fingerprint density at radius 2 is 1.83 bits per heavy atom. The van der Waals surface area contributed by atoms with Gasteiger partial charge in [-0.2, -0.15) is 8.78 Å². The Kier molecular flexibility index (Phi) is 5.92. The van der Waals surface area contributed by atoms with Gasteiger partial charge in [0.15, 0.2) is 0 Å². The summed E-state index contributed by atoms with van der Waals surface area (Å²) in [6, 6.07) is 12.0. The Hall–Kier alpha value is -1.70. The second-order valence-corrected chi connectivity index (χ2v) is 6.83. The normalized spacial score (nSPS) is 11.7. The van der Waals surface area contributed by atoms with Crippen molar-refractivity contribution in [2.45, 2.75) is 17.9 Å². The van der Waals surface area contributed by atoms with E-state index in [9.17, 15) is 17.2 Å². The zero-order valence-electron chi connectivity index (χ0n) is 11.9. The van der Waals surface area contributed by atoms with E-state index < -0.39 is 16.6 Å². The third-order valence-electron chi connectivity index (χ3n) is 2.96. The Morgan fingerprint density at radius 3 is 2.43 bits per heavy atom. The molecule has 0 aliphatic heterocycles. The number of sulfonamides is 1. The minimum Gasteiger partial charge on any atom is -0.435 e. The monoisotopic (exact) mass is 361 g/mol. The van der Waals surface area contributed by atoms with Gasteiger partial charge in [0.25, 0.3) is 0 Å². The van der Waals surface area contributed by atoms with Crippen LogP contribution < -0.4 is 9.46 Å². The highest BCUT2D eigenvalue weighted by Gasteiger charge is 2.13. The van der Waals surface area contributed by atoms with Crippen molar-refractivity contribution in [2.24, 2.45) is 0 Å². The van der Waals surface area contributed by atoms with E-state index in [2.05, 4.69) is 9.46 Å². The number of ether oxygens (including phenoxy) is 1. The van der Waals surface area contributed by atoms with Crippen LogP contribution in [-0.4, -0.2) is 21.6 Å². The lowest BCUT2D eigenvalue weighted by atomic mass is 10.1. The summed E-state index contributed by atoms with van der Waals surface area (Å²) < 4.78 is 54.9. The van der Waals surface area contributed by atoms with E-state index in [0.717, 1.165) is 5.56 Å². The van der Waals surface area contributed by atoms with Crippen LogP contribution in [0.25, 0.3) is 0 Å². The molecule has 0 aliphatic rings. The number of halogens is 3. The van der Waals surface area contributed by atoms with Crippen LogP contribution >= 0.6 is 11.6 Å². The van der Waals surface area contributed by atoms with E-state index in [1.807, 2.05) is 0 Å². The molecular formula is C15H14ClF2NO3S. The summed E-state index contributed by atoms with van der Waals surface area (Å²) in [5.41, 5.74) is 0.792. The molecule has 2 aromatic rings. The molecule has 0 aromatic heterocycles. The number of nitrogens with one attached hydrogen (secondary N) is 1. The van der Waals surface area contributed by atoms with Crippen molar-refractivity contribution in [3.63, 3.8) is 0 Å². The van der Waals surface area contributed by atoms with Gasteiger partial charge in [-0.15, -0.1) is 0 Å². The van der Waals surface area contributed by atoms with Gasteiger partial charge in [0.1, 0.15) is 5.75 Å². The van der Waals surface area contributed by atoms with Crippen molar-refractivity contribution >= 4 is 21.6 Å². The number of hydrogen-bond acceptors (Lipinski definition) is 3. The Bertz CT molecular complexity index is 752. The summed E-state index contributed by atoms with van der Waals surface area (Å²) in [6.45, 7) is -2.70. The molecule has 124 valence electrons. The van der Waals surface area contributed by atoms with Crippen LogP contribution in [0.2, 0.25) is 5.02 Å². The molecule has 23 heavy (non-hydrogen) atoms. The van der Waals surface area contributed by atoms with Gasteiger partial charge >= 0.3 is 6.61 Å². The summed E-state index contributed by atoms with van der Waals surface area (Å²) in [4.78, 5) is 0.0886. The van der Waals surface area contributed by atoms with Gasteiger partial charge in [-0.05, 0) is 42.3 Å². The summed E-state index contributed by atoms with van der Waals surface area (Å²) in [7, 11) is -3.64. The predicted molar refractivity (Wildman–Crippen MR) is 83.4 cm³/mol. The van der Waals surface area contributed by atoms with Crippen molar-refractivity contribution in [3.8, 4) is 5.75 Å². The van der Waals surface area contributed by atoms with E-state index in [0.29, 0.717) is 11.4 Å². The van der Waals surface area contributed by atoms with Crippen molar-refractivity contribution in [1.29, 1.82) is 0 Å². The fourth-order valence-corrected chi connectivity index (χ4v) is 3.22. The first-order valence-corrected chi connectivity index (χ1v) is 8.52. The molecule has 0 saturated heterocycles. The molecule has 0 heterocycles. The fourth-order valence-electron chi connectivity index (χ4n) is 1.88. The predicted octanol–water partition coefficient (Wildman–Crippen LogP) is 3.46. The Balaban J connectivity index is 1.91. The highest BCUT2D eigenvalue weighted by molar-refractivity contribution is 7.89. The van der Waals surface area contributed by atoms with Crippen LogP contribution in [0.4, 0.5) is 8.78 Å². The summed E-state index contributed by atoms with van der Waals surface area (Å²) in [5.74, 6) is 0.0586. The minimum atomic E-state index is -3.64. The number of hydrogen-bond donors (Lipinski definition) is 1. The van der Waals surface area contributed by atoms with E-state index in [-0.39, 0.29) is 17.2 Å². The van der Waals surface area contributed by atoms with Gasteiger partial charge in [-0.1, -0.05) is 29.8 Å². The summed E-state index contributed by atoms with van der Waals surface area (Å²) in [6.07, 6.45) is 0.411. The molecule has 8 heteroatoms. The molecule has 0 radical (unpaired) electrons. The van der Waals surface area contributed by atoms with Crippen LogP contribution in [0.5, 0.6) is 5.75 Å². The van der Waals surface area contributed by atoms with E-state index >= 15 is 0 Å². The van der Waals surface area contributed by atoms with Crippen LogP contribution in [-0.2, 0) is 16.4 Å². The molecule has 0 fully saturated rings. The van der Waals surface area contributed by atoms with Crippen molar-refractivity contribution < 1.29 is 21.9 Å². The maximum Gasteiger partial charge on any atom is 0.387 e. The maximum absolute atomic E-state index is 12.1. The van der Waals surface area contributed by atoms with Gasteiger partial charge in [0.2, 0.25) is 10.0 Å². The highest BCUT2D eigenvalue weighted by atomic mass is 35.5. The largest absolute Gasteiger partial charge is 0.435 e. The van der Waals surface area contributed by atoms with E-state index in [1.54, 1.807) is 24.3 Å². The van der Waals surface area contributed by atoms with Crippen LogP contribution in [0.3, 0.4) is 0 Å². The zero-order chi connectivity index (χ0) is 16.9. The van der Waals surface area contributed by atoms with Crippen molar-refractivity contribution in [3.05, 3.63) is 59.1 Å². The van der Waals surface area contributed by atoms with Crippen molar-refractivity contribution in [1.82, 2.24) is 4.72 Å². The number of alkyl halides is 2. The van der Waals surface area contributed by atoms with E-state index in [1.165, 1.54) is 24.3 Å².